The largest absolute Gasteiger partial charge is 0.492 e. The molecule has 2 heterocycles. The van der Waals surface area contributed by atoms with Gasteiger partial charge in [-0.2, -0.15) is 5.26 Å². The summed E-state index contributed by atoms with van der Waals surface area (Å²) in [7, 11) is 0. The molecule has 31 heavy (non-hydrogen) atoms. The van der Waals surface area contributed by atoms with Gasteiger partial charge in [-0.1, -0.05) is 12.1 Å². The molecule has 9 heteroatoms. The van der Waals surface area contributed by atoms with Gasteiger partial charge in [-0.25, -0.2) is 4.98 Å². The molecule has 4 rings (SSSR count). The summed E-state index contributed by atoms with van der Waals surface area (Å²) >= 11 is 5.37. The standard InChI is InChI=1S/C22H21N5O3S/c1-2-28-18-6-4-3-5-16(18)27-22(31)25-8-7-24-21-15(12-23)9-14-10-19-20(30-13-29-19)11-17(14)26-21/h3-6,9-11H,2,7-8,13H2,1H3,(H,24,26)(H2,25,27,31). The third-order valence-corrected chi connectivity index (χ3v) is 4.81. The highest BCUT2D eigenvalue weighted by Crippen LogP contribution is 2.36. The predicted molar refractivity (Wildman–Crippen MR) is 123 cm³/mol. The summed E-state index contributed by atoms with van der Waals surface area (Å²) in [6.07, 6.45) is 0. The summed E-state index contributed by atoms with van der Waals surface area (Å²) in [5.74, 6) is 2.57. The van der Waals surface area contributed by atoms with Gasteiger partial charge < -0.3 is 30.2 Å². The molecule has 0 radical (unpaired) electrons. The highest BCUT2D eigenvalue weighted by molar-refractivity contribution is 7.80. The minimum Gasteiger partial charge on any atom is -0.492 e. The Morgan fingerprint density at radius 1 is 1.19 bits per heavy atom. The zero-order valence-corrected chi connectivity index (χ0v) is 17.7. The molecule has 0 bridgehead atoms. The van der Waals surface area contributed by atoms with Crippen LogP contribution >= 0.6 is 12.2 Å². The first kappa shape index (κ1) is 20.5. The average molecular weight is 436 g/mol. The first-order valence-electron chi connectivity index (χ1n) is 9.83. The van der Waals surface area contributed by atoms with E-state index in [2.05, 4.69) is 27.0 Å². The van der Waals surface area contributed by atoms with Gasteiger partial charge >= 0.3 is 0 Å². The Morgan fingerprint density at radius 2 is 2.00 bits per heavy atom. The summed E-state index contributed by atoms with van der Waals surface area (Å²) < 4.78 is 16.4. The lowest BCUT2D eigenvalue weighted by atomic mass is 10.1. The van der Waals surface area contributed by atoms with Crippen LogP contribution in [0, 0.1) is 11.3 Å². The molecule has 3 N–H and O–H groups in total. The number of hydrogen-bond acceptors (Lipinski definition) is 7. The van der Waals surface area contributed by atoms with Crippen molar-refractivity contribution >= 4 is 39.7 Å². The summed E-state index contributed by atoms with van der Waals surface area (Å²) in [6, 6.07) is 15.2. The summed E-state index contributed by atoms with van der Waals surface area (Å²) in [6.45, 7) is 3.76. The molecule has 0 saturated heterocycles. The molecular weight excluding hydrogens is 414 g/mol. The molecule has 0 spiro atoms. The van der Waals surface area contributed by atoms with Gasteiger partial charge in [-0.15, -0.1) is 0 Å². The van der Waals surface area contributed by atoms with Gasteiger partial charge in [0.2, 0.25) is 6.79 Å². The molecule has 0 aliphatic carbocycles. The minimum absolute atomic E-state index is 0.191. The normalized spacial score (nSPS) is 11.6. The van der Waals surface area contributed by atoms with Crippen LogP contribution < -0.4 is 30.2 Å². The topological polar surface area (TPSA) is 100 Å². The van der Waals surface area contributed by atoms with E-state index in [0.717, 1.165) is 22.3 Å². The lowest BCUT2D eigenvalue weighted by molar-refractivity contribution is 0.174. The van der Waals surface area contributed by atoms with E-state index in [4.69, 9.17) is 26.4 Å². The van der Waals surface area contributed by atoms with E-state index in [1.165, 1.54) is 0 Å². The van der Waals surface area contributed by atoms with Gasteiger partial charge in [0.1, 0.15) is 17.6 Å². The summed E-state index contributed by atoms with van der Waals surface area (Å²) in [5.41, 5.74) is 1.98. The fourth-order valence-corrected chi connectivity index (χ4v) is 3.37. The fraction of sp³-hybridized carbons (Fsp3) is 0.227. The van der Waals surface area contributed by atoms with Crippen molar-refractivity contribution in [2.75, 3.05) is 37.1 Å². The van der Waals surface area contributed by atoms with Gasteiger partial charge in [-0.3, -0.25) is 0 Å². The van der Waals surface area contributed by atoms with Crippen molar-refractivity contribution < 1.29 is 14.2 Å². The zero-order valence-electron chi connectivity index (χ0n) is 16.9. The maximum atomic E-state index is 9.51. The van der Waals surface area contributed by atoms with Crippen LogP contribution in [0.3, 0.4) is 0 Å². The molecule has 0 unspecified atom stereocenters. The molecule has 1 aliphatic rings. The van der Waals surface area contributed by atoms with Crippen LogP contribution in [-0.4, -0.2) is 36.6 Å². The second-order valence-corrected chi connectivity index (χ2v) is 7.04. The maximum absolute atomic E-state index is 9.51. The second kappa shape index (κ2) is 9.36. The molecule has 8 nitrogen and oxygen atoms in total. The smallest absolute Gasteiger partial charge is 0.231 e. The van der Waals surface area contributed by atoms with E-state index in [1.807, 2.05) is 43.3 Å². The van der Waals surface area contributed by atoms with Crippen LogP contribution in [0.1, 0.15) is 12.5 Å². The van der Waals surface area contributed by atoms with E-state index in [0.29, 0.717) is 47.7 Å². The van der Waals surface area contributed by atoms with Gasteiger partial charge in [0.05, 0.1) is 23.4 Å². The van der Waals surface area contributed by atoms with Crippen LogP contribution in [0.25, 0.3) is 10.9 Å². The van der Waals surface area contributed by atoms with Crippen LogP contribution in [0.15, 0.2) is 42.5 Å². The fourth-order valence-electron chi connectivity index (χ4n) is 3.16. The Labute approximate surface area is 185 Å². The number of thiocarbonyl (C=S) groups is 1. The van der Waals surface area contributed by atoms with Crippen molar-refractivity contribution in [1.29, 1.82) is 5.26 Å². The van der Waals surface area contributed by atoms with Crippen molar-refractivity contribution in [3.05, 3.63) is 48.0 Å². The second-order valence-electron chi connectivity index (χ2n) is 6.63. The molecule has 0 saturated carbocycles. The number of nitriles is 1. The number of nitrogens with one attached hydrogen (secondary N) is 3. The first-order chi connectivity index (χ1) is 15.2. The average Bonchev–Trinajstić information content (AvgIpc) is 3.23. The van der Waals surface area contributed by atoms with Crippen LogP contribution in [0.4, 0.5) is 11.5 Å². The van der Waals surface area contributed by atoms with E-state index in [1.54, 1.807) is 6.07 Å². The number of fused-ring (bicyclic) bond motifs is 2. The molecule has 0 atom stereocenters. The van der Waals surface area contributed by atoms with Crippen molar-refractivity contribution in [2.24, 2.45) is 0 Å². The molecular formula is C22H21N5O3S. The molecule has 3 aromatic rings. The SMILES string of the molecule is CCOc1ccccc1NC(=S)NCCNc1nc2cc3c(cc2cc1C#N)OCO3. The molecule has 1 aromatic heterocycles. The van der Waals surface area contributed by atoms with E-state index >= 15 is 0 Å². The highest BCUT2D eigenvalue weighted by atomic mass is 32.1. The molecule has 0 amide bonds. The maximum Gasteiger partial charge on any atom is 0.231 e. The number of nitrogens with zero attached hydrogens (tertiary/aromatic N) is 2. The zero-order chi connectivity index (χ0) is 21.6. The number of hydrogen-bond donors (Lipinski definition) is 3. The molecule has 158 valence electrons. The van der Waals surface area contributed by atoms with E-state index in [-0.39, 0.29) is 6.79 Å². The lowest BCUT2D eigenvalue weighted by Gasteiger charge is -2.14. The lowest BCUT2D eigenvalue weighted by Crippen LogP contribution is -2.32. The summed E-state index contributed by atoms with van der Waals surface area (Å²) in [4.78, 5) is 4.58. The van der Waals surface area contributed by atoms with Crippen molar-refractivity contribution in [3.63, 3.8) is 0 Å². The number of para-hydroxylation sites is 2. The van der Waals surface area contributed by atoms with Crippen molar-refractivity contribution in [1.82, 2.24) is 10.3 Å². The van der Waals surface area contributed by atoms with E-state index in [9.17, 15) is 5.26 Å². The molecule has 2 aromatic carbocycles. The number of aromatic nitrogens is 1. The molecule has 1 aliphatic heterocycles. The van der Waals surface area contributed by atoms with Gasteiger partial charge in [0.15, 0.2) is 16.6 Å². The van der Waals surface area contributed by atoms with Crippen molar-refractivity contribution in [3.8, 4) is 23.3 Å². The minimum atomic E-state index is 0.191. The summed E-state index contributed by atoms with van der Waals surface area (Å²) in [5, 5.41) is 20.3. The number of benzene rings is 2. The number of ether oxygens (including phenoxy) is 3. The first-order valence-corrected chi connectivity index (χ1v) is 10.2. The Balaban J connectivity index is 1.36. The molecule has 0 fully saturated rings. The number of pyridine rings is 1. The third-order valence-electron chi connectivity index (χ3n) is 4.57. The number of rotatable bonds is 7. The number of anilines is 2. The van der Waals surface area contributed by atoms with Crippen LogP contribution in [-0.2, 0) is 0 Å². The van der Waals surface area contributed by atoms with Crippen LogP contribution in [0.2, 0.25) is 0 Å². The van der Waals surface area contributed by atoms with E-state index < -0.39 is 0 Å². The van der Waals surface area contributed by atoms with Gasteiger partial charge in [-0.05, 0) is 43.4 Å². The quantitative estimate of drug-likeness (QED) is 0.379. The van der Waals surface area contributed by atoms with Gasteiger partial charge in [0, 0.05) is 24.5 Å². The monoisotopic (exact) mass is 435 g/mol. The predicted octanol–water partition coefficient (Wildman–Crippen LogP) is 3.63. The highest BCUT2D eigenvalue weighted by Gasteiger charge is 2.16. The Bertz CT molecular complexity index is 1160. The Kier molecular flexibility index (Phi) is 6.19. The van der Waals surface area contributed by atoms with Crippen LogP contribution in [0.5, 0.6) is 17.2 Å². The van der Waals surface area contributed by atoms with Crippen molar-refractivity contribution in [2.45, 2.75) is 6.92 Å². The van der Waals surface area contributed by atoms with Gasteiger partial charge in [0.25, 0.3) is 0 Å². The Morgan fingerprint density at radius 3 is 2.81 bits per heavy atom. The third kappa shape index (κ3) is 4.70. The Hall–Kier alpha value is -3.77.